The Morgan fingerprint density at radius 2 is 2.46 bits per heavy atom. The summed E-state index contributed by atoms with van der Waals surface area (Å²) >= 11 is 5.38. The molecule has 0 N–H and O–H groups in total. The SMILES string of the molecule is CC1C(Br)CCC1Cc1ccns1. The maximum Gasteiger partial charge on any atom is 0.0409 e. The molecule has 1 nitrogen and oxygen atoms in total. The van der Waals surface area contributed by atoms with E-state index in [0.717, 1.165) is 16.7 Å². The molecule has 0 spiro atoms. The molecule has 1 fully saturated rings. The number of hydrogen-bond acceptors (Lipinski definition) is 2. The summed E-state index contributed by atoms with van der Waals surface area (Å²) in [4.78, 5) is 2.18. The summed E-state index contributed by atoms with van der Waals surface area (Å²) in [5, 5.41) is 0. The zero-order valence-corrected chi connectivity index (χ0v) is 10.1. The van der Waals surface area contributed by atoms with Crippen LogP contribution in [0.4, 0.5) is 0 Å². The van der Waals surface area contributed by atoms with Gasteiger partial charge in [0.05, 0.1) is 0 Å². The van der Waals surface area contributed by atoms with E-state index in [9.17, 15) is 0 Å². The maximum absolute atomic E-state index is 4.14. The summed E-state index contributed by atoms with van der Waals surface area (Å²) in [6, 6.07) is 2.15. The van der Waals surface area contributed by atoms with E-state index < -0.39 is 0 Å². The predicted octanol–water partition coefficient (Wildman–Crippen LogP) is 3.50. The molecule has 1 saturated carbocycles. The minimum absolute atomic E-state index is 0.741. The van der Waals surface area contributed by atoms with Crippen LogP contribution >= 0.6 is 27.5 Å². The van der Waals surface area contributed by atoms with Gasteiger partial charge >= 0.3 is 0 Å². The number of hydrogen-bond donors (Lipinski definition) is 0. The fourth-order valence-electron chi connectivity index (χ4n) is 2.09. The van der Waals surface area contributed by atoms with Gasteiger partial charge in [-0.15, -0.1) is 0 Å². The van der Waals surface area contributed by atoms with Crippen LogP contribution in [0.15, 0.2) is 12.3 Å². The second kappa shape index (κ2) is 4.09. The fraction of sp³-hybridized carbons (Fsp3) is 0.700. The van der Waals surface area contributed by atoms with Crippen molar-refractivity contribution in [3.63, 3.8) is 0 Å². The molecule has 3 atom stereocenters. The van der Waals surface area contributed by atoms with Crippen molar-refractivity contribution in [2.24, 2.45) is 11.8 Å². The number of rotatable bonds is 2. The van der Waals surface area contributed by atoms with Crippen molar-refractivity contribution >= 4 is 27.5 Å². The summed E-state index contributed by atoms with van der Waals surface area (Å²) in [7, 11) is 0. The predicted molar refractivity (Wildman–Crippen MR) is 60.4 cm³/mol. The smallest absolute Gasteiger partial charge is 0.0409 e. The molecular formula is C10H14BrNS. The van der Waals surface area contributed by atoms with Gasteiger partial charge < -0.3 is 0 Å². The molecule has 1 aromatic heterocycles. The van der Waals surface area contributed by atoms with Crippen molar-refractivity contribution in [2.75, 3.05) is 0 Å². The minimum Gasteiger partial charge on any atom is -0.201 e. The highest BCUT2D eigenvalue weighted by atomic mass is 79.9. The highest BCUT2D eigenvalue weighted by Gasteiger charge is 2.30. The first kappa shape index (κ1) is 9.66. The molecule has 0 aromatic carbocycles. The van der Waals surface area contributed by atoms with Gasteiger partial charge in [0, 0.05) is 15.9 Å². The third kappa shape index (κ3) is 2.13. The van der Waals surface area contributed by atoms with E-state index in [1.54, 1.807) is 11.5 Å². The first-order valence-corrected chi connectivity index (χ1v) is 6.50. The Bertz CT molecular complexity index is 260. The molecule has 2 rings (SSSR count). The largest absolute Gasteiger partial charge is 0.201 e. The molecule has 3 unspecified atom stereocenters. The summed E-state index contributed by atoms with van der Waals surface area (Å²) in [6.07, 6.45) is 5.85. The molecule has 1 aromatic rings. The molecule has 72 valence electrons. The van der Waals surface area contributed by atoms with Gasteiger partial charge in [0.1, 0.15) is 0 Å². The molecule has 1 aliphatic carbocycles. The van der Waals surface area contributed by atoms with Gasteiger partial charge in [-0.1, -0.05) is 22.9 Å². The maximum atomic E-state index is 4.14. The second-order valence-corrected chi connectivity index (χ2v) is 5.99. The van der Waals surface area contributed by atoms with Gasteiger partial charge in [0.15, 0.2) is 0 Å². The van der Waals surface area contributed by atoms with Gasteiger partial charge in [-0.25, -0.2) is 4.37 Å². The van der Waals surface area contributed by atoms with Crippen LogP contribution in [0, 0.1) is 11.8 Å². The number of alkyl halides is 1. The molecule has 0 amide bonds. The average Bonchev–Trinajstić information content (AvgIpc) is 2.71. The zero-order chi connectivity index (χ0) is 9.26. The topological polar surface area (TPSA) is 12.9 Å². The van der Waals surface area contributed by atoms with Crippen LogP contribution < -0.4 is 0 Å². The Kier molecular flexibility index (Phi) is 3.04. The molecule has 13 heavy (non-hydrogen) atoms. The van der Waals surface area contributed by atoms with Gasteiger partial charge in [-0.2, -0.15) is 0 Å². The van der Waals surface area contributed by atoms with E-state index >= 15 is 0 Å². The summed E-state index contributed by atoms with van der Waals surface area (Å²) < 4.78 is 4.14. The third-order valence-electron chi connectivity index (χ3n) is 3.08. The first-order chi connectivity index (χ1) is 6.27. The lowest BCUT2D eigenvalue weighted by Crippen LogP contribution is -2.12. The van der Waals surface area contributed by atoms with E-state index in [1.165, 1.54) is 24.1 Å². The molecule has 0 radical (unpaired) electrons. The van der Waals surface area contributed by atoms with Crippen molar-refractivity contribution in [3.8, 4) is 0 Å². The van der Waals surface area contributed by atoms with E-state index in [0.29, 0.717) is 0 Å². The lowest BCUT2D eigenvalue weighted by atomic mass is 9.94. The van der Waals surface area contributed by atoms with Crippen LogP contribution in [0.2, 0.25) is 0 Å². The van der Waals surface area contributed by atoms with E-state index in [4.69, 9.17) is 0 Å². The quantitative estimate of drug-likeness (QED) is 0.742. The first-order valence-electron chi connectivity index (χ1n) is 4.81. The molecule has 0 bridgehead atoms. The number of nitrogens with zero attached hydrogens (tertiary/aromatic N) is 1. The average molecular weight is 260 g/mol. The molecule has 1 aliphatic rings. The Hall–Kier alpha value is 0.110. The van der Waals surface area contributed by atoms with Gasteiger partial charge in [0.2, 0.25) is 0 Å². The van der Waals surface area contributed by atoms with Crippen molar-refractivity contribution in [2.45, 2.75) is 31.0 Å². The Labute approximate surface area is 91.8 Å². The summed E-state index contributed by atoms with van der Waals surface area (Å²) in [5.74, 6) is 1.69. The van der Waals surface area contributed by atoms with E-state index in [-0.39, 0.29) is 0 Å². The Morgan fingerprint density at radius 1 is 1.62 bits per heavy atom. The zero-order valence-electron chi connectivity index (χ0n) is 7.74. The van der Waals surface area contributed by atoms with Crippen LogP contribution in [0.1, 0.15) is 24.6 Å². The van der Waals surface area contributed by atoms with E-state index in [1.807, 2.05) is 6.20 Å². The highest BCUT2D eigenvalue weighted by molar-refractivity contribution is 9.09. The lowest BCUT2D eigenvalue weighted by Gasteiger charge is -2.15. The van der Waals surface area contributed by atoms with Crippen molar-refractivity contribution in [1.29, 1.82) is 0 Å². The van der Waals surface area contributed by atoms with Gasteiger partial charge in [-0.05, 0) is 48.7 Å². The van der Waals surface area contributed by atoms with Crippen LogP contribution in [0.3, 0.4) is 0 Å². The van der Waals surface area contributed by atoms with Crippen LogP contribution in [0.5, 0.6) is 0 Å². The van der Waals surface area contributed by atoms with Gasteiger partial charge in [0.25, 0.3) is 0 Å². The molecular weight excluding hydrogens is 246 g/mol. The van der Waals surface area contributed by atoms with Crippen molar-refractivity contribution in [3.05, 3.63) is 17.1 Å². The summed E-state index contributed by atoms with van der Waals surface area (Å²) in [5.41, 5.74) is 0. The van der Waals surface area contributed by atoms with Crippen LogP contribution in [0.25, 0.3) is 0 Å². The monoisotopic (exact) mass is 259 g/mol. The minimum atomic E-state index is 0.741. The summed E-state index contributed by atoms with van der Waals surface area (Å²) in [6.45, 7) is 2.36. The highest BCUT2D eigenvalue weighted by Crippen LogP contribution is 2.38. The number of aromatic nitrogens is 1. The number of halogens is 1. The van der Waals surface area contributed by atoms with Crippen molar-refractivity contribution < 1.29 is 0 Å². The van der Waals surface area contributed by atoms with Gasteiger partial charge in [-0.3, -0.25) is 0 Å². The lowest BCUT2D eigenvalue weighted by molar-refractivity contribution is 0.426. The van der Waals surface area contributed by atoms with E-state index in [2.05, 4.69) is 33.3 Å². The second-order valence-electron chi connectivity index (χ2n) is 3.90. The van der Waals surface area contributed by atoms with Crippen molar-refractivity contribution in [1.82, 2.24) is 4.37 Å². The molecule has 0 saturated heterocycles. The standard InChI is InChI=1S/C10H14BrNS/c1-7-8(2-3-10(7)11)6-9-4-5-12-13-9/h4-5,7-8,10H,2-3,6H2,1H3. The van der Waals surface area contributed by atoms with Crippen LogP contribution in [-0.4, -0.2) is 9.20 Å². The third-order valence-corrected chi connectivity index (χ3v) is 5.14. The normalized spacial score (nSPS) is 33.8. The molecule has 3 heteroatoms. The molecule has 1 heterocycles. The fourth-order valence-corrected chi connectivity index (χ4v) is 3.45. The Balaban J connectivity index is 1.96. The molecule has 0 aliphatic heterocycles. The van der Waals surface area contributed by atoms with Crippen LogP contribution in [-0.2, 0) is 6.42 Å². The Morgan fingerprint density at radius 3 is 3.00 bits per heavy atom.